The van der Waals surface area contributed by atoms with E-state index in [1.54, 1.807) is 0 Å². The maximum absolute atomic E-state index is 13.6. The van der Waals surface area contributed by atoms with Crippen molar-refractivity contribution in [3.05, 3.63) is 45.8 Å². The second-order valence-corrected chi connectivity index (χ2v) is 4.40. The number of hydrogen-bond donors (Lipinski definition) is 1. The summed E-state index contributed by atoms with van der Waals surface area (Å²) < 4.78 is 18.5. The predicted octanol–water partition coefficient (Wildman–Crippen LogP) is 3.18. The molecule has 1 aromatic heterocycles. The molecule has 0 fully saturated rings. The van der Waals surface area contributed by atoms with Crippen LogP contribution in [0.3, 0.4) is 0 Å². The molecule has 8 heteroatoms. The number of anilines is 1. The molecule has 1 aromatic carbocycles. The van der Waals surface area contributed by atoms with Gasteiger partial charge in [0.15, 0.2) is 0 Å². The van der Waals surface area contributed by atoms with Crippen molar-refractivity contribution in [2.75, 3.05) is 12.4 Å². The van der Waals surface area contributed by atoms with Crippen LogP contribution in [0.2, 0.25) is 10.2 Å². The van der Waals surface area contributed by atoms with Gasteiger partial charge in [0.25, 0.3) is 5.91 Å². The third kappa shape index (κ3) is 3.15. The Morgan fingerprint density at radius 3 is 2.75 bits per heavy atom. The number of amides is 1. The lowest BCUT2D eigenvalue weighted by Gasteiger charge is -2.07. The summed E-state index contributed by atoms with van der Waals surface area (Å²) in [5.74, 6) is -1.47. The predicted molar refractivity (Wildman–Crippen MR) is 73.0 cm³/mol. The molecule has 104 valence electrons. The monoisotopic (exact) mass is 315 g/mol. The van der Waals surface area contributed by atoms with Gasteiger partial charge in [-0.05, 0) is 12.1 Å². The summed E-state index contributed by atoms with van der Waals surface area (Å²) in [6, 6.07) is 5.29. The molecule has 1 N–H and O–H groups in total. The van der Waals surface area contributed by atoms with Gasteiger partial charge in [0.1, 0.15) is 11.0 Å². The smallest absolute Gasteiger partial charge is 0.262 e. The van der Waals surface area contributed by atoms with E-state index in [-0.39, 0.29) is 27.6 Å². The zero-order valence-corrected chi connectivity index (χ0v) is 11.7. The van der Waals surface area contributed by atoms with Crippen LogP contribution in [0, 0.1) is 5.82 Å². The van der Waals surface area contributed by atoms with Gasteiger partial charge in [0.2, 0.25) is 11.8 Å². The SMILES string of the molecule is COc1cc(Cl)nc(NC(=O)c2c(F)cccc2Cl)n1. The molecule has 2 rings (SSSR count). The maximum atomic E-state index is 13.6. The Morgan fingerprint density at radius 2 is 2.10 bits per heavy atom. The first-order chi connectivity index (χ1) is 9.51. The Kier molecular flexibility index (Phi) is 4.36. The number of hydrogen-bond acceptors (Lipinski definition) is 4. The molecule has 0 unspecified atom stereocenters. The first-order valence-electron chi connectivity index (χ1n) is 5.35. The van der Waals surface area contributed by atoms with E-state index in [2.05, 4.69) is 15.3 Å². The van der Waals surface area contributed by atoms with Gasteiger partial charge in [0.05, 0.1) is 17.7 Å². The fraction of sp³-hybridized carbons (Fsp3) is 0.0833. The number of ether oxygens (including phenoxy) is 1. The average molecular weight is 316 g/mol. The van der Waals surface area contributed by atoms with E-state index in [1.165, 1.54) is 25.3 Å². The fourth-order valence-corrected chi connectivity index (χ4v) is 1.86. The lowest BCUT2D eigenvalue weighted by molar-refractivity contribution is 0.102. The first-order valence-corrected chi connectivity index (χ1v) is 6.11. The number of carbonyl (C=O) groups excluding carboxylic acids is 1. The van der Waals surface area contributed by atoms with Crippen LogP contribution >= 0.6 is 23.2 Å². The highest BCUT2D eigenvalue weighted by Crippen LogP contribution is 2.21. The zero-order chi connectivity index (χ0) is 14.7. The van der Waals surface area contributed by atoms with Gasteiger partial charge in [-0.15, -0.1) is 0 Å². The Bertz CT molecular complexity index is 647. The largest absolute Gasteiger partial charge is 0.481 e. The van der Waals surface area contributed by atoms with Crippen molar-refractivity contribution in [2.45, 2.75) is 0 Å². The molecule has 0 saturated heterocycles. The Hall–Kier alpha value is -1.92. The minimum absolute atomic E-state index is 0.0171. The number of halogens is 3. The second-order valence-electron chi connectivity index (χ2n) is 3.61. The number of benzene rings is 1. The lowest BCUT2D eigenvalue weighted by atomic mass is 10.2. The van der Waals surface area contributed by atoms with Crippen molar-refractivity contribution in [3.8, 4) is 5.88 Å². The van der Waals surface area contributed by atoms with Crippen LogP contribution in [-0.2, 0) is 0 Å². The van der Waals surface area contributed by atoms with Crippen LogP contribution in [0.5, 0.6) is 5.88 Å². The minimum atomic E-state index is -0.780. The first kappa shape index (κ1) is 14.5. The molecule has 0 saturated carbocycles. The van der Waals surface area contributed by atoms with Crippen molar-refractivity contribution in [2.24, 2.45) is 0 Å². The lowest BCUT2D eigenvalue weighted by Crippen LogP contribution is -2.16. The molecule has 0 radical (unpaired) electrons. The summed E-state index contributed by atoms with van der Waals surface area (Å²) in [7, 11) is 1.39. The van der Waals surface area contributed by atoms with Gasteiger partial charge in [-0.1, -0.05) is 29.3 Å². The number of rotatable bonds is 3. The molecule has 2 aromatic rings. The van der Waals surface area contributed by atoms with Gasteiger partial charge < -0.3 is 4.74 Å². The molecule has 0 aliphatic heterocycles. The molecule has 20 heavy (non-hydrogen) atoms. The third-order valence-electron chi connectivity index (χ3n) is 2.30. The van der Waals surface area contributed by atoms with Crippen LogP contribution in [0.25, 0.3) is 0 Å². The fourth-order valence-electron chi connectivity index (χ4n) is 1.44. The van der Waals surface area contributed by atoms with E-state index in [0.29, 0.717) is 0 Å². The van der Waals surface area contributed by atoms with E-state index >= 15 is 0 Å². The highest BCUT2D eigenvalue weighted by atomic mass is 35.5. The van der Waals surface area contributed by atoms with E-state index < -0.39 is 11.7 Å². The van der Waals surface area contributed by atoms with Gasteiger partial charge in [-0.25, -0.2) is 9.37 Å². The zero-order valence-electron chi connectivity index (χ0n) is 10.2. The molecule has 0 aliphatic carbocycles. The normalized spacial score (nSPS) is 10.2. The third-order valence-corrected chi connectivity index (χ3v) is 2.80. The van der Waals surface area contributed by atoms with Crippen LogP contribution in [0.4, 0.5) is 10.3 Å². The van der Waals surface area contributed by atoms with Crippen molar-refractivity contribution < 1.29 is 13.9 Å². The second kappa shape index (κ2) is 6.02. The van der Waals surface area contributed by atoms with Crippen molar-refractivity contribution >= 4 is 35.1 Å². The molecule has 0 spiro atoms. The number of methoxy groups -OCH3 is 1. The van der Waals surface area contributed by atoms with Crippen molar-refractivity contribution in [1.82, 2.24) is 9.97 Å². The minimum Gasteiger partial charge on any atom is -0.481 e. The topological polar surface area (TPSA) is 64.1 Å². The van der Waals surface area contributed by atoms with E-state index in [4.69, 9.17) is 27.9 Å². The summed E-state index contributed by atoms with van der Waals surface area (Å²) in [6.07, 6.45) is 0. The van der Waals surface area contributed by atoms with Gasteiger partial charge in [-0.2, -0.15) is 4.98 Å². The summed E-state index contributed by atoms with van der Waals surface area (Å²) >= 11 is 11.5. The molecular weight excluding hydrogens is 308 g/mol. The summed E-state index contributed by atoms with van der Waals surface area (Å²) in [5, 5.41) is 2.36. The maximum Gasteiger partial charge on any atom is 0.262 e. The summed E-state index contributed by atoms with van der Waals surface area (Å²) in [4.78, 5) is 19.6. The summed E-state index contributed by atoms with van der Waals surface area (Å²) in [6.45, 7) is 0. The Labute approximate surface area is 123 Å². The summed E-state index contributed by atoms with van der Waals surface area (Å²) in [5.41, 5.74) is -0.295. The number of aromatic nitrogens is 2. The Morgan fingerprint density at radius 1 is 1.35 bits per heavy atom. The van der Waals surface area contributed by atoms with Crippen LogP contribution in [-0.4, -0.2) is 23.0 Å². The van der Waals surface area contributed by atoms with Crippen LogP contribution < -0.4 is 10.1 Å². The molecule has 1 amide bonds. The molecule has 0 bridgehead atoms. The standard InChI is InChI=1S/C12H8Cl2FN3O2/c1-20-9-5-8(14)16-12(17-9)18-11(19)10-6(13)3-2-4-7(10)15/h2-5H,1H3,(H,16,17,18,19). The van der Waals surface area contributed by atoms with E-state index in [9.17, 15) is 9.18 Å². The molecule has 0 atom stereocenters. The quantitative estimate of drug-likeness (QED) is 0.883. The molecular formula is C12H8Cl2FN3O2. The van der Waals surface area contributed by atoms with Crippen molar-refractivity contribution in [3.63, 3.8) is 0 Å². The van der Waals surface area contributed by atoms with Crippen molar-refractivity contribution in [1.29, 1.82) is 0 Å². The van der Waals surface area contributed by atoms with Crippen LogP contribution in [0.15, 0.2) is 24.3 Å². The number of nitrogens with one attached hydrogen (secondary N) is 1. The molecule has 1 heterocycles. The van der Waals surface area contributed by atoms with Gasteiger partial charge in [0, 0.05) is 6.07 Å². The number of carbonyl (C=O) groups is 1. The van der Waals surface area contributed by atoms with Crippen LogP contribution in [0.1, 0.15) is 10.4 Å². The van der Waals surface area contributed by atoms with Gasteiger partial charge >= 0.3 is 0 Å². The van der Waals surface area contributed by atoms with E-state index in [1.807, 2.05) is 0 Å². The number of nitrogens with zero attached hydrogens (tertiary/aromatic N) is 2. The highest BCUT2D eigenvalue weighted by Gasteiger charge is 2.17. The van der Waals surface area contributed by atoms with E-state index in [0.717, 1.165) is 6.07 Å². The highest BCUT2D eigenvalue weighted by molar-refractivity contribution is 6.34. The Balaban J connectivity index is 2.30. The van der Waals surface area contributed by atoms with Gasteiger partial charge in [-0.3, -0.25) is 10.1 Å². The molecule has 5 nitrogen and oxygen atoms in total. The molecule has 0 aliphatic rings. The average Bonchev–Trinajstić information content (AvgIpc) is 2.37.